The average molecular weight is 264 g/mol. The van der Waals surface area contributed by atoms with Crippen LogP contribution in [-0.4, -0.2) is 0 Å². The van der Waals surface area contributed by atoms with Crippen molar-refractivity contribution in [3.8, 4) is 0 Å². The normalized spacial score (nSPS) is 12.4. The molecular formula is C19H36. The highest BCUT2D eigenvalue weighted by Gasteiger charge is 2.08. The summed E-state index contributed by atoms with van der Waals surface area (Å²) in [5, 5.41) is 0. The van der Waals surface area contributed by atoms with Crippen LogP contribution in [-0.2, 0) is 0 Å². The summed E-state index contributed by atoms with van der Waals surface area (Å²) in [6, 6.07) is 0. The third kappa shape index (κ3) is 12.3. The van der Waals surface area contributed by atoms with E-state index < -0.39 is 0 Å². The van der Waals surface area contributed by atoms with Crippen LogP contribution in [0.1, 0.15) is 91.4 Å². The fourth-order valence-corrected chi connectivity index (χ4v) is 2.75. The first-order valence-corrected chi connectivity index (χ1v) is 8.41. The van der Waals surface area contributed by atoms with Crippen LogP contribution < -0.4 is 0 Å². The van der Waals surface area contributed by atoms with Crippen LogP contribution in [0.3, 0.4) is 0 Å². The highest BCUT2D eigenvalue weighted by atomic mass is 14.1. The highest BCUT2D eigenvalue weighted by Crippen LogP contribution is 2.24. The molecule has 0 saturated heterocycles. The Bertz CT molecular complexity index is 236. The van der Waals surface area contributed by atoms with Crippen LogP contribution in [0.4, 0.5) is 0 Å². The van der Waals surface area contributed by atoms with Crippen molar-refractivity contribution >= 4 is 0 Å². The second kappa shape index (κ2) is 12.5. The lowest BCUT2D eigenvalue weighted by atomic mass is 9.90. The van der Waals surface area contributed by atoms with Gasteiger partial charge < -0.3 is 0 Å². The summed E-state index contributed by atoms with van der Waals surface area (Å²) in [7, 11) is 0. The van der Waals surface area contributed by atoms with E-state index in [1.807, 2.05) is 0 Å². The minimum atomic E-state index is 0.850. The van der Waals surface area contributed by atoms with Gasteiger partial charge in [0.25, 0.3) is 0 Å². The Kier molecular flexibility index (Phi) is 12.2. The summed E-state index contributed by atoms with van der Waals surface area (Å²) in [5.74, 6) is 0.850. The Morgan fingerprint density at radius 2 is 1.47 bits per heavy atom. The molecule has 0 radical (unpaired) electrons. The standard InChI is InChI=1S/C19H36/c1-6-8-9-10-11-12-13-14-19(7-2)16-18(5)15-17(3)4/h19H,3,5-16H2,1-2,4H3/t19-/m0/s1. The lowest BCUT2D eigenvalue weighted by molar-refractivity contribution is 0.432. The van der Waals surface area contributed by atoms with Gasteiger partial charge in [0.1, 0.15) is 0 Å². The summed E-state index contributed by atoms with van der Waals surface area (Å²) in [4.78, 5) is 0. The molecule has 19 heavy (non-hydrogen) atoms. The molecular weight excluding hydrogens is 228 g/mol. The quantitative estimate of drug-likeness (QED) is 0.246. The van der Waals surface area contributed by atoms with E-state index in [2.05, 4.69) is 33.9 Å². The van der Waals surface area contributed by atoms with Crippen molar-refractivity contribution in [2.45, 2.75) is 91.4 Å². The minimum absolute atomic E-state index is 0.850. The zero-order chi connectivity index (χ0) is 14.5. The Morgan fingerprint density at radius 3 is 2.00 bits per heavy atom. The highest BCUT2D eigenvalue weighted by molar-refractivity contribution is 5.07. The zero-order valence-corrected chi connectivity index (χ0v) is 13.8. The molecule has 0 nitrogen and oxygen atoms in total. The second-order valence-corrected chi connectivity index (χ2v) is 6.27. The van der Waals surface area contributed by atoms with Crippen molar-refractivity contribution in [1.29, 1.82) is 0 Å². The Balaban J connectivity index is 3.59. The van der Waals surface area contributed by atoms with Gasteiger partial charge in [0.05, 0.1) is 0 Å². The Labute approximate surface area is 122 Å². The topological polar surface area (TPSA) is 0 Å². The van der Waals surface area contributed by atoms with Gasteiger partial charge in [0.15, 0.2) is 0 Å². The molecule has 0 aliphatic carbocycles. The smallest absolute Gasteiger partial charge is 0.0117 e. The number of allylic oxidation sites excluding steroid dienone is 2. The third-order valence-corrected chi connectivity index (χ3v) is 3.92. The van der Waals surface area contributed by atoms with Gasteiger partial charge in [-0.3, -0.25) is 0 Å². The lowest BCUT2D eigenvalue weighted by Crippen LogP contribution is -2.01. The second-order valence-electron chi connectivity index (χ2n) is 6.27. The molecule has 0 fully saturated rings. The molecule has 112 valence electrons. The van der Waals surface area contributed by atoms with E-state index in [0.717, 1.165) is 12.3 Å². The fraction of sp³-hybridized carbons (Fsp3) is 0.789. The lowest BCUT2D eigenvalue weighted by Gasteiger charge is -2.16. The number of rotatable bonds is 13. The maximum absolute atomic E-state index is 4.20. The maximum Gasteiger partial charge on any atom is -0.0117 e. The van der Waals surface area contributed by atoms with E-state index >= 15 is 0 Å². The van der Waals surface area contributed by atoms with Crippen molar-refractivity contribution in [2.24, 2.45) is 5.92 Å². The van der Waals surface area contributed by atoms with Gasteiger partial charge in [-0.2, -0.15) is 0 Å². The van der Waals surface area contributed by atoms with Gasteiger partial charge in [-0.1, -0.05) is 95.9 Å². The third-order valence-electron chi connectivity index (χ3n) is 3.92. The van der Waals surface area contributed by atoms with Gasteiger partial charge in [-0.05, 0) is 25.7 Å². The van der Waals surface area contributed by atoms with Crippen LogP contribution >= 0.6 is 0 Å². The van der Waals surface area contributed by atoms with Crippen molar-refractivity contribution in [2.75, 3.05) is 0 Å². The molecule has 0 rings (SSSR count). The van der Waals surface area contributed by atoms with E-state index in [9.17, 15) is 0 Å². The molecule has 0 aromatic rings. The summed E-state index contributed by atoms with van der Waals surface area (Å²) >= 11 is 0. The maximum atomic E-state index is 4.20. The van der Waals surface area contributed by atoms with E-state index in [1.54, 1.807) is 0 Å². The van der Waals surface area contributed by atoms with E-state index in [-0.39, 0.29) is 0 Å². The van der Waals surface area contributed by atoms with E-state index in [4.69, 9.17) is 0 Å². The predicted molar refractivity (Wildman–Crippen MR) is 89.6 cm³/mol. The molecule has 0 unspecified atom stereocenters. The molecule has 0 heteroatoms. The van der Waals surface area contributed by atoms with Crippen molar-refractivity contribution in [3.05, 3.63) is 24.3 Å². The molecule has 0 heterocycles. The molecule has 0 bridgehead atoms. The predicted octanol–water partition coefficient (Wildman–Crippen LogP) is 7.07. The van der Waals surface area contributed by atoms with Gasteiger partial charge in [0, 0.05) is 0 Å². The van der Waals surface area contributed by atoms with Crippen molar-refractivity contribution in [3.63, 3.8) is 0 Å². The summed E-state index contributed by atoms with van der Waals surface area (Å²) in [6.45, 7) is 14.9. The first kappa shape index (κ1) is 18.5. The molecule has 0 aliphatic rings. The van der Waals surface area contributed by atoms with Crippen molar-refractivity contribution < 1.29 is 0 Å². The zero-order valence-electron chi connectivity index (χ0n) is 13.8. The molecule has 0 aliphatic heterocycles. The number of hydrogen-bond donors (Lipinski definition) is 0. The molecule has 0 saturated carbocycles. The largest absolute Gasteiger partial charge is 0.0998 e. The SMILES string of the molecule is C=C(C)CC(=C)C[C@@H](CC)CCCCCCCCC. The van der Waals surface area contributed by atoms with Gasteiger partial charge in [-0.25, -0.2) is 0 Å². The van der Waals surface area contributed by atoms with Gasteiger partial charge in [-0.15, -0.1) is 0 Å². The van der Waals surface area contributed by atoms with Crippen LogP contribution in [0.25, 0.3) is 0 Å². The van der Waals surface area contributed by atoms with Crippen LogP contribution in [0.15, 0.2) is 24.3 Å². The number of hydrogen-bond acceptors (Lipinski definition) is 0. The Hall–Kier alpha value is -0.520. The summed E-state index contributed by atoms with van der Waals surface area (Å²) < 4.78 is 0. The van der Waals surface area contributed by atoms with E-state index in [1.165, 1.54) is 75.4 Å². The molecule has 0 aromatic carbocycles. The Morgan fingerprint density at radius 1 is 0.895 bits per heavy atom. The fourth-order valence-electron chi connectivity index (χ4n) is 2.75. The summed E-state index contributed by atoms with van der Waals surface area (Å²) in [5.41, 5.74) is 2.62. The average Bonchev–Trinajstić information content (AvgIpc) is 2.35. The van der Waals surface area contributed by atoms with Crippen molar-refractivity contribution in [1.82, 2.24) is 0 Å². The van der Waals surface area contributed by atoms with Crippen LogP contribution in [0.5, 0.6) is 0 Å². The van der Waals surface area contributed by atoms with Crippen LogP contribution in [0.2, 0.25) is 0 Å². The first-order chi connectivity index (χ1) is 9.10. The number of unbranched alkanes of at least 4 members (excludes halogenated alkanes) is 6. The van der Waals surface area contributed by atoms with E-state index in [0.29, 0.717) is 0 Å². The first-order valence-electron chi connectivity index (χ1n) is 8.41. The summed E-state index contributed by atoms with van der Waals surface area (Å²) in [6.07, 6.45) is 14.8. The molecule has 1 atom stereocenters. The molecule has 0 amide bonds. The molecule has 0 N–H and O–H groups in total. The molecule has 0 spiro atoms. The van der Waals surface area contributed by atoms with Gasteiger partial charge in [0.2, 0.25) is 0 Å². The van der Waals surface area contributed by atoms with Crippen LogP contribution in [0, 0.1) is 5.92 Å². The monoisotopic (exact) mass is 264 g/mol. The molecule has 0 aromatic heterocycles. The minimum Gasteiger partial charge on any atom is -0.0998 e. The van der Waals surface area contributed by atoms with Gasteiger partial charge >= 0.3 is 0 Å².